The predicted octanol–water partition coefficient (Wildman–Crippen LogP) is 5.15. The van der Waals surface area contributed by atoms with Crippen molar-refractivity contribution in [3.8, 4) is 16.9 Å². The number of rotatable bonds is 5. The summed E-state index contributed by atoms with van der Waals surface area (Å²) in [6.45, 7) is 5.50. The van der Waals surface area contributed by atoms with Crippen molar-refractivity contribution in [3.63, 3.8) is 0 Å². The van der Waals surface area contributed by atoms with Gasteiger partial charge in [0, 0.05) is 18.0 Å². The molecule has 1 heterocycles. The first-order chi connectivity index (χ1) is 13.5. The third kappa shape index (κ3) is 3.51. The fraction of sp³-hybridized carbons (Fsp3) is 0.158. The van der Waals surface area contributed by atoms with E-state index in [1.807, 2.05) is 6.92 Å². The van der Waals surface area contributed by atoms with Crippen molar-refractivity contribution in [2.24, 2.45) is 4.99 Å². The number of amidine groups is 1. The zero-order valence-electron chi connectivity index (χ0n) is 15.2. The van der Waals surface area contributed by atoms with E-state index in [0.29, 0.717) is 40.0 Å². The Hall–Kier alpha value is -2.06. The second-order valence-electron chi connectivity index (χ2n) is 5.90. The lowest BCUT2D eigenvalue weighted by Crippen LogP contribution is -2.19. The van der Waals surface area contributed by atoms with Gasteiger partial charge in [0.25, 0.3) is 0 Å². The molecule has 5 nitrogen and oxygen atoms in total. The maximum atomic E-state index is 15.6. The van der Waals surface area contributed by atoms with Gasteiger partial charge in [0.15, 0.2) is 23.2 Å². The Bertz CT molecular complexity index is 1100. The van der Waals surface area contributed by atoms with Gasteiger partial charge in [-0.05, 0) is 64.0 Å². The summed E-state index contributed by atoms with van der Waals surface area (Å²) >= 11 is 2.13. The number of hydrogen-bond acceptors (Lipinski definition) is 3. The van der Waals surface area contributed by atoms with E-state index in [1.54, 1.807) is 23.6 Å². The number of phenols is 1. The molecule has 0 spiro atoms. The van der Waals surface area contributed by atoms with Gasteiger partial charge in [-0.15, -0.1) is 0 Å². The van der Waals surface area contributed by atoms with Gasteiger partial charge in [0.05, 0.1) is 6.37 Å². The monoisotopic (exact) mass is 514 g/mol. The fourth-order valence-corrected chi connectivity index (χ4v) is 4.58. The Morgan fingerprint density at radius 1 is 1.39 bits per heavy atom. The molecule has 0 aliphatic rings. The van der Waals surface area contributed by atoms with Crippen LogP contribution < -0.4 is 5.32 Å². The number of nitrogens with one attached hydrogen (secondary N) is 1. The van der Waals surface area contributed by atoms with Gasteiger partial charge >= 0.3 is 0 Å². The van der Waals surface area contributed by atoms with Gasteiger partial charge in [-0.2, -0.15) is 5.10 Å². The van der Waals surface area contributed by atoms with Gasteiger partial charge < -0.3 is 10.4 Å². The molecule has 9 heteroatoms. The van der Waals surface area contributed by atoms with Crippen molar-refractivity contribution in [1.29, 1.82) is 0 Å². The summed E-state index contributed by atoms with van der Waals surface area (Å²) in [5.41, 5.74) is 2.17. The van der Waals surface area contributed by atoms with E-state index in [-0.39, 0.29) is 11.9 Å². The van der Waals surface area contributed by atoms with Crippen molar-refractivity contribution in [1.82, 2.24) is 14.9 Å². The number of phenolic OH excluding ortho intramolecular Hbond substituents is 1. The molecule has 0 bridgehead atoms. The number of halogens is 3. The third-order valence-electron chi connectivity index (χ3n) is 4.39. The lowest BCUT2D eigenvalue weighted by Gasteiger charge is -2.12. The molecule has 0 fully saturated rings. The minimum absolute atomic E-state index is 0.157. The van der Waals surface area contributed by atoms with Gasteiger partial charge in [-0.3, -0.25) is 4.99 Å². The lowest BCUT2D eigenvalue weighted by atomic mass is 9.96. The molecule has 1 unspecified atom stereocenters. The Labute approximate surface area is 175 Å². The summed E-state index contributed by atoms with van der Waals surface area (Å²) < 4.78 is 31.2. The molecule has 0 aliphatic carbocycles. The molecule has 0 amide bonds. The molecular weight excluding hydrogens is 496 g/mol. The van der Waals surface area contributed by atoms with E-state index in [0.717, 1.165) is 0 Å². The Kier molecular flexibility index (Phi) is 6.30. The minimum Gasteiger partial charge on any atom is -0.505 e. The molecule has 146 valence electrons. The summed E-state index contributed by atoms with van der Waals surface area (Å²) in [6.07, 6.45) is 2.16. The van der Waals surface area contributed by atoms with Crippen molar-refractivity contribution >= 4 is 45.2 Å². The highest BCUT2D eigenvalue weighted by atomic mass is 127. The predicted molar refractivity (Wildman–Crippen MR) is 120 cm³/mol. The third-order valence-corrected chi connectivity index (χ3v) is 6.25. The molecule has 1 atom stereocenters. The topological polar surface area (TPSA) is 62.4 Å². The van der Waals surface area contributed by atoms with E-state index < -0.39 is 17.4 Å². The minimum atomic E-state index is -0.785. The van der Waals surface area contributed by atoms with Crippen LogP contribution in [0.25, 0.3) is 22.0 Å². The van der Waals surface area contributed by atoms with E-state index >= 15 is 4.39 Å². The van der Waals surface area contributed by atoms with Gasteiger partial charge in [0.2, 0.25) is 0 Å². The zero-order chi connectivity index (χ0) is 20.4. The highest BCUT2D eigenvalue weighted by Gasteiger charge is 2.22. The number of aromatic hydroxyl groups is 1. The second kappa shape index (κ2) is 8.53. The molecule has 0 radical (unpaired) electrons. The molecule has 1 aromatic heterocycles. The van der Waals surface area contributed by atoms with Crippen molar-refractivity contribution in [2.45, 2.75) is 13.3 Å². The molecule has 0 saturated carbocycles. The maximum absolute atomic E-state index is 15.6. The molecule has 28 heavy (non-hydrogen) atoms. The number of fused-ring (bicyclic) bond motifs is 1. The lowest BCUT2D eigenvalue weighted by molar-refractivity contribution is 0.432. The van der Waals surface area contributed by atoms with Gasteiger partial charge in [-0.25, -0.2) is 13.2 Å². The summed E-state index contributed by atoms with van der Waals surface area (Å²) in [6, 6.07) is 5.87. The van der Waals surface area contributed by atoms with E-state index in [2.05, 4.69) is 44.0 Å². The SMILES string of the molecule is C=CNC(=NC)c1nn(PI)c2c(F)c(-c3cc(F)c(O)cc3CC)ccc12. The van der Waals surface area contributed by atoms with Crippen LogP contribution >= 0.6 is 28.4 Å². The molecule has 3 rings (SSSR count). The normalized spacial score (nSPS) is 12.2. The molecule has 2 aromatic carbocycles. The second-order valence-corrected chi connectivity index (χ2v) is 7.94. The van der Waals surface area contributed by atoms with Crippen LogP contribution in [0.2, 0.25) is 0 Å². The zero-order valence-corrected chi connectivity index (χ0v) is 18.4. The average molecular weight is 514 g/mol. The van der Waals surface area contributed by atoms with E-state index in [9.17, 15) is 9.50 Å². The highest BCUT2D eigenvalue weighted by molar-refractivity contribution is 14.2. The van der Waals surface area contributed by atoms with Crippen molar-refractivity contribution in [3.05, 3.63) is 59.9 Å². The average Bonchev–Trinajstić information content (AvgIpc) is 3.07. The fourth-order valence-electron chi connectivity index (χ4n) is 3.09. The standard InChI is InChI=1S/C19H18F2IN4OP/c1-4-10-8-15(27)14(20)9-13(10)11-6-7-12-17(19(23-3)24-5-2)25-26(28-22)18(12)16(11)21/h5-9,27-28H,2,4H2,1,3H3,(H,23,24). The van der Waals surface area contributed by atoms with Crippen LogP contribution in [-0.2, 0) is 6.42 Å². The van der Waals surface area contributed by atoms with Crippen LogP contribution in [0.3, 0.4) is 0 Å². The van der Waals surface area contributed by atoms with Crippen LogP contribution in [0.1, 0.15) is 18.2 Å². The van der Waals surface area contributed by atoms with Crippen molar-refractivity contribution < 1.29 is 13.9 Å². The Morgan fingerprint density at radius 3 is 2.75 bits per heavy atom. The first-order valence-electron chi connectivity index (χ1n) is 8.41. The molecular formula is C19H18F2IN4OP. The summed E-state index contributed by atoms with van der Waals surface area (Å²) in [5, 5.41) is 17.7. The first-order valence-corrected chi connectivity index (χ1v) is 12.5. The van der Waals surface area contributed by atoms with E-state index in [4.69, 9.17) is 0 Å². The van der Waals surface area contributed by atoms with Crippen LogP contribution in [0.15, 0.2) is 42.0 Å². The van der Waals surface area contributed by atoms with Crippen LogP contribution in [0, 0.1) is 11.6 Å². The number of aliphatic imine (C=N–C) groups is 1. The number of aromatic nitrogens is 2. The van der Waals surface area contributed by atoms with Crippen LogP contribution in [-0.4, -0.2) is 27.5 Å². The number of aryl methyl sites for hydroxylation is 1. The number of benzene rings is 2. The molecule has 2 N–H and O–H groups in total. The molecule has 0 aliphatic heterocycles. The Morgan fingerprint density at radius 2 is 2.14 bits per heavy atom. The van der Waals surface area contributed by atoms with Crippen LogP contribution in [0.4, 0.5) is 8.78 Å². The largest absolute Gasteiger partial charge is 0.505 e. The quantitative estimate of drug-likeness (QED) is 0.214. The molecule has 3 aromatic rings. The summed E-state index contributed by atoms with van der Waals surface area (Å²) in [7, 11) is 1.61. The first kappa shape index (κ1) is 20.7. The smallest absolute Gasteiger partial charge is 0.165 e. The van der Waals surface area contributed by atoms with E-state index in [1.165, 1.54) is 18.3 Å². The van der Waals surface area contributed by atoms with Gasteiger partial charge in [-0.1, -0.05) is 19.6 Å². The number of hydrogen-bond donors (Lipinski definition) is 2. The van der Waals surface area contributed by atoms with Crippen molar-refractivity contribution in [2.75, 3.05) is 7.05 Å². The maximum Gasteiger partial charge on any atom is 0.165 e. The van der Waals surface area contributed by atoms with Crippen LogP contribution in [0.5, 0.6) is 5.75 Å². The summed E-state index contributed by atoms with van der Waals surface area (Å²) in [4.78, 5) is 4.16. The Balaban J connectivity index is 2.31. The number of nitrogens with zero attached hydrogens (tertiary/aromatic N) is 3. The van der Waals surface area contributed by atoms with Gasteiger partial charge in [0.1, 0.15) is 11.2 Å². The molecule has 0 saturated heterocycles. The highest BCUT2D eigenvalue weighted by Crippen LogP contribution is 2.38. The summed E-state index contributed by atoms with van der Waals surface area (Å²) in [5.74, 6) is -1.24.